The Morgan fingerprint density at radius 1 is 1.04 bits per heavy atom. The first-order valence-corrected chi connectivity index (χ1v) is 8.97. The lowest BCUT2D eigenvalue weighted by Crippen LogP contribution is -2.26. The molecule has 2 aromatic rings. The fourth-order valence-corrected chi connectivity index (χ4v) is 2.74. The topological polar surface area (TPSA) is 64.6 Å². The molecular weight excluding hydrogens is 368 g/mol. The van der Waals surface area contributed by atoms with Crippen molar-refractivity contribution >= 4 is 17.6 Å². The fourth-order valence-electron chi connectivity index (χ4n) is 2.74. The summed E-state index contributed by atoms with van der Waals surface area (Å²) in [5.74, 6) is -1.40. The van der Waals surface area contributed by atoms with Gasteiger partial charge in [0.05, 0.1) is 5.92 Å². The van der Waals surface area contributed by atoms with Crippen molar-refractivity contribution in [1.29, 1.82) is 0 Å². The van der Waals surface area contributed by atoms with Crippen molar-refractivity contribution in [3.63, 3.8) is 0 Å². The van der Waals surface area contributed by atoms with E-state index in [1.165, 1.54) is 24.3 Å². The van der Waals surface area contributed by atoms with E-state index in [0.717, 1.165) is 12.0 Å². The van der Waals surface area contributed by atoms with E-state index in [1.54, 1.807) is 0 Å². The van der Waals surface area contributed by atoms with Crippen molar-refractivity contribution in [1.82, 2.24) is 0 Å². The minimum absolute atomic E-state index is 0.0151. The Balaban J connectivity index is 1.92. The van der Waals surface area contributed by atoms with Gasteiger partial charge in [0.25, 0.3) is 5.91 Å². The van der Waals surface area contributed by atoms with Crippen LogP contribution >= 0.6 is 0 Å². The monoisotopic (exact) mass is 391 g/mol. The molecule has 0 spiro atoms. The summed E-state index contributed by atoms with van der Waals surface area (Å²) in [7, 11) is 0. The van der Waals surface area contributed by atoms with Crippen molar-refractivity contribution in [3.8, 4) is 5.75 Å². The summed E-state index contributed by atoms with van der Waals surface area (Å²) in [6.07, 6.45) is 0.786. The van der Waals surface area contributed by atoms with Crippen molar-refractivity contribution in [3.05, 3.63) is 60.2 Å². The zero-order valence-corrected chi connectivity index (χ0v) is 15.7. The van der Waals surface area contributed by atoms with Crippen LogP contribution in [0.5, 0.6) is 5.75 Å². The van der Waals surface area contributed by atoms with Gasteiger partial charge in [0.1, 0.15) is 5.75 Å². The quantitative estimate of drug-likeness (QED) is 0.635. The lowest BCUT2D eigenvalue weighted by Gasteiger charge is -2.21. The van der Waals surface area contributed by atoms with Gasteiger partial charge in [-0.3, -0.25) is 9.59 Å². The maximum atomic E-state index is 12.6. The number of rotatable bonds is 9. The summed E-state index contributed by atoms with van der Waals surface area (Å²) in [5.41, 5.74) is 1.22. The molecule has 0 saturated carbocycles. The number of hydrogen-bond acceptors (Lipinski definition) is 4. The SMILES string of the molecule is CC[C@H](C)[C@H](C(=O)OCC(=O)Nc1ccc(OC(F)F)cc1)c1ccccc1. The van der Waals surface area contributed by atoms with Gasteiger partial charge in [0.2, 0.25) is 0 Å². The van der Waals surface area contributed by atoms with Gasteiger partial charge < -0.3 is 14.8 Å². The van der Waals surface area contributed by atoms with E-state index >= 15 is 0 Å². The van der Waals surface area contributed by atoms with Gasteiger partial charge in [-0.2, -0.15) is 8.78 Å². The average Bonchev–Trinajstić information content (AvgIpc) is 2.68. The Hall–Kier alpha value is -2.96. The van der Waals surface area contributed by atoms with Crippen LogP contribution in [0, 0.1) is 5.92 Å². The van der Waals surface area contributed by atoms with E-state index in [4.69, 9.17) is 4.74 Å². The number of alkyl halides is 2. The Bertz CT molecular complexity index is 766. The van der Waals surface area contributed by atoms with E-state index in [9.17, 15) is 18.4 Å². The number of benzene rings is 2. The van der Waals surface area contributed by atoms with Gasteiger partial charge in [-0.15, -0.1) is 0 Å². The molecule has 0 aliphatic heterocycles. The van der Waals surface area contributed by atoms with Gasteiger partial charge >= 0.3 is 12.6 Å². The van der Waals surface area contributed by atoms with Gasteiger partial charge in [0, 0.05) is 5.69 Å². The number of nitrogens with one attached hydrogen (secondary N) is 1. The molecule has 0 aromatic heterocycles. The molecule has 5 nitrogen and oxygen atoms in total. The number of esters is 1. The van der Waals surface area contributed by atoms with Crippen LogP contribution in [-0.4, -0.2) is 25.1 Å². The van der Waals surface area contributed by atoms with Crippen LogP contribution in [0.1, 0.15) is 31.7 Å². The number of carbonyl (C=O) groups is 2. The number of anilines is 1. The molecule has 0 aliphatic rings. The number of halogens is 2. The third-order valence-corrected chi connectivity index (χ3v) is 4.33. The zero-order chi connectivity index (χ0) is 20.5. The van der Waals surface area contributed by atoms with E-state index in [-0.39, 0.29) is 11.7 Å². The van der Waals surface area contributed by atoms with Crippen molar-refractivity contribution in [2.24, 2.45) is 5.92 Å². The van der Waals surface area contributed by atoms with E-state index < -0.39 is 31.0 Å². The molecule has 2 rings (SSSR count). The standard InChI is InChI=1S/C21H23F2NO4/c1-3-14(2)19(15-7-5-4-6-8-15)20(26)27-13-18(25)24-16-9-11-17(12-10-16)28-21(22)23/h4-12,14,19,21H,3,13H2,1-2H3,(H,24,25)/t14-,19-/m0/s1. The molecule has 1 amide bonds. The van der Waals surface area contributed by atoms with Crippen molar-refractivity contribution in [2.45, 2.75) is 32.8 Å². The first-order chi connectivity index (χ1) is 13.4. The molecule has 2 aromatic carbocycles. The van der Waals surface area contributed by atoms with E-state index in [0.29, 0.717) is 5.69 Å². The summed E-state index contributed by atoms with van der Waals surface area (Å²) in [6, 6.07) is 14.8. The number of amides is 1. The van der Waals surface area contributed by atoms with Crippen LogP contribution in [-0.2, 0) is 14.3 Å². The first kappa shape index (κ1) is 21.3. The normalized spacial score (nSPS) is 12.9. The van der Waals surface area contributed by atoms with Gasteiger partial charge in [-0.25, -0.2) is 0 Å². The van der Waals surface area contributed by atoms with Crippen LogP contribution in [0.3, 0.4) is 0 Å². The Labute approximate surface area is 162 Å². The molecule has 0 unspecified atom stereocenters. The lowest BCUT2D eigenvalue weighted by atomic mass is 9.86. The number of hydrogen-bond donors (Lipinski definition) is 1. The maximum absolute atomic E-state index is 12.6. The molecule has 0 bridgehead atoms. The average molecular weight is 391 g/mol. The predicted molar refractivity (Wildman–Crippen MR) is 101 cm³/mol. The smallest absolute Gasteiger partial charge is 0.387 e. The molecular formula is C21H23F2NO4. The highest BCUT2D eigenvalue weighted by Crippen LogP contribution is 2.28. The molecule has 0 fully saturated rings. The highest BCUT2D eigenvalue weighted by atomic mass is 19.3. The largest absolute Gasteiger partial charge is 0.455 e. The third-order valence-electron chi connectivity index (χ3n) is 4.33. The first-order valence-electron chi connectivity index (χ1n) is 8.97. The van der Waals surface area contributed by atoms with Gasteiger partial charge in [-0.05, 0) is 35.7 Å². The fraction of sp³-hybridized carbons (Fsp3) is 0.333. The van der Waals surface area contributed by atoms with Crippen LogP contribution in [0.25, 0.3) is 0 Å². The predicted octanol–water partition coefficient (Wildman–Crippen LogP) is 4.60. The Morgan fingerprint density at radius 3 is 2.25 bits per heavy atom. The maximum Gasteiger partial charge on any atom is 0.387 e. The summed E-state index contributed by atoms with van der Waals surface area (Å²) < 4.78 is 33.7. The summed E-state index contributed by atoms with van der Waals surface area (Å²) >= 11 is 0. The molecule has 0 radical (unpaired) electrons. The van der Waals surface area contributed by atoms with E-state index in [2.05, 4.69) is 10.1 Å². The molecule has 0 saturated heterocycles. The second-order valence-corrected chi connectivity index (χ2v) is 6.33. The molecule has 28 heavy (non-hydrogen) atoms. The minimum atomic E-state index is -2.91. The van der Waals surface area contributed by atoms with Crippen LogP contribution in [0.2, 0.25) is 0 Å². The van der Waals surface area contributed by atoms with Crippen molar-refractivity contribution in [2.75, 3.05) is 11.9 Å². The lowest BCUT2D eigenvalue weighted by molar-refractivity contribution is -0.150. The summed E-state index contributed by atoms with van der Waals surface area (Å²) in [5, 5.41) is 2.54. The highest BCUT2D eigenvalue weighted by Gasteiger charge is 2.27. The second-order valence-electron chi connectivity index (χ2n) is 6.33. The summed E-state index contributed by atoms with van der Waals surface area (Å²) in [6.45, 7) is 0.598. The van der Waals surface area contributed by atoms with Gasteiger partial charge in [-0.1, -0.05) is 50.6 Å². The molecule has 150 valence electrons. The minimum Gasteiger partial charge on any atom is -0.455 e. The van der Waals surface area contributed by atoms with Crippen LogP contribution < -0.4 is 10.1 Å². The Morgan fingerprint density at radius 2 is 1.68 bits per heavy atom. The third kappa shape index (κ3) is 6.33. The molecule has 7 heteroatoms. The second kappa shape index (κ2) is 10.4. The molecule has 1 N–H and O–H groups in total. The van der Waals surface area contributed by atoms with E-state index in [1.807, 2.05) is 44.2 Å². The van der Waals surface area contributed by atoms with Crippen LogP contribution in [0.15, 0.2) is 54.6 Å². The highest BCUT2D eigenvalue weighted by molar-refractivity contribution is 5.93. The molecule has 0 aliphatic carbocycles. The van der Waals surface area contributed by atoms with Crippen LogP contribution in [0.4, 0.5) is 14.5 Å². The Kier molecular flexibility index (Phi) is 7.92. The van der Waals surface area contributed by atoms with Gasteiger partial charge in [0.15, 0.2) is 6.61 Å². The summed E-state index contributed by atoms with van der Waals surface area (Å²) in [4.78, 5) is 24.6. The number of ether oxygens (including phenoxy) is 2. The molecule has 0 heterocycles. The molecule has 2 atom stereocenters. The number of carbonyl (C=O) groups excluding carboxylic acids is 2. The zero-order valence-electron chi connectivity index (χ0n) is 15.7. The van der Waals surface area contributed by atoms with Crippen molar-refractivity contribution < 1.29 is 27.8 Å².